The van der Waals surface area contributed by atoms with Gasteiger partial charge in [-0.2, -0.15) is 0 Å². The lowest BCUT2D eigenvalue weighted by atomic mass is 10.0. The first-order chi connectivity index (χ1) is 4.20. The molecule has 0 aromatic carbocycles. The van der Waals surface area contributed by atoms with Gasteiger partial charge in [-0.3, -0.25) is 0 Å². The Balaban J connectivity index is 2.61. The highest BCUT2D eigenvalue weighted by Gasteiger charge is 2.09. The average Bonchev–Trinajstić information content (AvgIpc) is 1.80. The number of nitrogens with zero attached hydrogens (tertiary/aromatic N) is 1. The van der Waals surface area contributed by atoms with E-state index in [2.05, 4.69) is 31.9 Å². The van der Waals surface area contributed by atoms with E-state index in [1.165, 1.54) is 18.7 Å². The van der Waals surface area contributed by atoms with Gasteiger partial charge in [-0.25, -0.2) is 0 Å². The zero-order chi connectivity index (χ0) is 6.85. The lowest BCUT2D eigenvalue weighted by Gasteiger charge is -2.26. The molecule has 0 aliphatic carbocycles. The van der Waals surface area contributed by atoms with Crippen LogP contribution >= 0.6 is 0 Å². The summed E-state index contributed by atoms with van der Waals surface area (Å²) in [4.78, 5) is 2.31. The molecule has 52 valence electrons. The molecule has 1 aliphatic rings. The Labute approximate surface area is 57.4 Å². The van der Waals surface area contributed by atoms with Gasteiger partial charge in [0.2, 0.25) is 0 Å². The fourth-order valence-electron chi connectivity index (χ4n) is 1.20. The third-order valence-electron chi connectivity index (χ3n) is 2.05. The minimum Gasteiger partial charge on any atom is -0.378 e. The standard InChI is InChI=1S/C8H15N/c1-7-4-5-9(3)8(2)6-7/h6-7H,4-5H2,1-3H3. The number of rotatable bonds is 0. The van der Waals surface area contributed by atoms with Crippen LogP contribution in [0.3, 0.4) is 0 Å². The van der Waals surface area contributed by atoms with Gasteiger partial charge in [-0.05, 0) is 19.3 Å². The Morgan fingerprint density at radius 2 is 2.33 bits per heavy atom. The molecule has 1 nitrogen and oxygen atoms in total. The summed E-state index contributed by atoms with van der Waals surface area (Å²) in [5.41, 5.74) is 1.42. The quantitative estimate of drug-likeness (QED) is 0.477. The first-order valence-electron chi connectivity index (χ1n) is 3.59. The summed E-state index contributed by atoms with van der Waals surface area (Å²) in [6.45, 7) is 5.68. The second-order valence-electron chi connectivity index (χ2n) is 3.00. The van der Waals surface area contributed by atoms with Gasteiger partial charge in [-0.15, -0.1) is 0 Å². The van der Waals surface area contributed by atoms with E-state index in [4.69, 9.17) is 0 Å². The molecule has 0 bridgehead atoms. The molecule has 1 aliphatic heterocycles. The topological polar surface area (TPSA) is 3.24 Å². The highest BCUT2D eigenvalue weighted by Crippen LogP contribution is 2.16. The fraction of sp³-hybridized carbons (Fsp3) is 0.750. The Hall–Kier alpha value is -0.460. The normalized spacial score (nSPS) is 28.1. The van der Waals surface area contributed by atoms with Gasteiger partial charge in [0.1, 0.15) is 0 Å². The molecule has 0 spiro atoms. The Kier molecular flexibility index (Phi) is 1.79. The minimum absolute atomic E-state index is 0.793. The van der Waals surface area contributed by atoms with Crippen LogP contribution in [0.5, 0.6) is 0 Å². The van der Waals surface area contributed by atoms with Gasteiger partial charge in [-0.1, -0.05) is 13.0 Å². The van der Waals surface area contributed by atoms with Crippen molar-refractivity contribution >= 4 is 0 Å². The maximum absolute atomic E-state index is 2.34. The van der Waals surface area contributed by atoms with E-state index in [9.17, 15) is 0 Å². The summed E-state index contributed by atoms with van der Waals surface area (Å²) < 4.78 is 0. The molecule has 1 heterocycles. The third kappa shape index (κ3) is 1.47. The van der Waals surface area contributed by atoms with Crippen molar-refractivity contribution in [1.82, 2.24) is 4.90 Å². The van der Waals surface area contributed by atoms with Gasteiger partial charge in [0.25, 0.3) is 0 Å². The summed E-state index contributed by atoms with van der Waals surface area (Å²) in [7, 11) is 2.15. The molecule has 1 atom stereocenters. The molecule has 0 aromatic heterocycles. The van der Waals surface area contributed by atoms with Crippen LogP contribution < -0.4 is 0 Å². The maximum atomic E-state index is 2.34. The van der Waals surface area contributed by atoms with Crippen molar-refractivity contribution in [3.63, 3.8) is 0 Å². The molecular weight excluding hydrogens is 110 g/mol. The predicted octanol–water partition coefficient (Wildman–Crippen LogP) is 1.86. The van der Waals surface area contributed by atoms with Crippen LogP contribution in [0.25, 0.3) is 0 Å². The summed E-state index contributed by atoms with van der Waals surface area (Å²) in [5.74, 6) is 0.793. The second kappa shape index (κ2) is 2.42. The fourth-order valence-corrected chi connectivity index (χ4v) is 1.20. The summed E-state index contributed by atoms with van der Waals surface area (Å²) >= 11 is 0. The Bertz CT molecular complexity index is 127. The number of hydrogen-bond acceptors (Lipinski definition) is 1. The number of allylic oxidation sites excluding steroid dienone is 2. The van der Waals surface area contributed by atoms with Crippen LogP contribution in [-0.4, -0.2) is 18.5 Å². The van der Waals surface area contributed by atoms with Crippen molar-refractivity contribution in [3.05, 3.63) is 11.8 Å². The van der Waals surface area contributed by atoms with Crippen LogP contribution in [0.1, 0.15) is 20.3 Å². The molecule has 0 saturated heterocycles. The van der Waals surface area contributed by atoms with Gasteiger partial charge in [0, 0.05) is 19.3 Å². The molecule has 1 heteroatoms. The first-order valence-corrected chi connectivity index (χ1v) is 3.59. The largest absolute Gasteiger partial charge is 0.378 e. The molecule has 1 unspecified atom stereocenters. The smallest absolute Gasteiger partial charge is 0.0177 e. The van der Waals surface area contributed by atoms with Crippen molar-refractivity contribution in [2.45, 2.75) is 20.3 Å². The van der Waals surface area contributed by atoms with E-state index in [0.717, 1.165) is 5.92 Å². The van der Waals surface area contributed by atoms with E-state index in [1.807, 2.05) is 0 Å². The van der Waals surface area contributed by atoms with Gasteiger partial charge in [0.15, 0.2) is 0 Å². The predicted molar refractivity (Wildman–Crippen MR) is 40.2 cm³/mol. The van der Waals surface area contributed by atoms with E-state index in [0.29, 0.717) is 0 Å². The maximum Gasteiger partial charge on any atom is 0.0177 e. The Morgan fingerprint density at radius 1 is 1.67 bits per heavy atom. The summed E-state index contributed by atoms with van der Waals surface area (Å²) in [6, 6.07) is 0. The lowest BCUT2D eigenvalue weighted by Crippen LogP contribution is -2.23. The number of hydrogen-bond donors (Lipinski definition) is 0. The zero-order valence-corrected chi connectivity index (χ0v) is 6.52. The van der Waals surface area contributed by atoms with Crippen molar-refractivity contribution in [2.24, 2.45) is 5.92 Å². The first kappa shape index (κ1) is 6.66. The SMILES string of the molecule is CC1=CC(C)CCN1C. The van der Waals surface area contributed by atoms with Crippen molar-refractivity contribution in [3.8, 4) is 0 Å². The second-order valence-corrected chi connectivity index (χ2v) is 3.00. The van der Waals surface area contributed by atoms with Gasteiger partial charge in [0.05, 0.1) is 0 Å². The van der Waals surface area contributed by atoms with E-state index in [1.54, 1.807) is 0 Å². The molecule has 1 rings (SSSR count). The molecule has 0 N–H and O–H groups in total. The van der Waals surface area contributed by atoms with Crippen molar-refractivity contribution in [1.29, 1.82) is 0 Å². The van der Waals surface area contributed by atoms with E-state index >= 15 is 0 Å². The van der Waals surface area contributed by atoms with Gasteiger partial charge >= 0.3 is 0 Å². The highest BCUT2D eigenvalue weighted by atomic mass is 15.1. The zero-order valence-electron chi connectivity index (χ0n) is 6.52. The van der Waals surface area contributed by atoms with Crippen LogP contribution in [0.4, 0.5) is 0 Å². The molecule has 0 amide bonds. The monoisotopic (exact) mass is 125 g/mol. The van der Waals surface area contributed by atoms with Crippen LogP contribution in [0, 0.1) is 5.92 Å². The summed E-state index contributed by atoms with van der Waals surface area (Å²) in [6.07, 6.45) is 3.65. The molecule has 9 heavy (non-hydrogen) atoms. The molecule has 0 saturated carbocycles. The molecule has 0 fully saturated rings. The minimum atomic E-state index is 0.793. The molecular formula is C8H15N. The Morgan fingerprint density at radius 3 is 2.78 bits per heavy atom. The lowest BCUT2D eigenvalue weighted by molar-refractivity contribution is 0.356. The van der Waals surface area contributed by atoms with Crippen molar-refractivity contribution < 1.29 is 0 Å². The highest BCUT2D eigenvalue weighted by molar-refractivity contribution is 5.02. The average molecular weight is 125 g/mol. The third-order valence-corrected chi connectivity index (χ3v) is 2.05. The van der Waals surface area contributed by atoms with E-state index in [-0.39, 0.29) is 0 Å². The molecule has 0 radical (unpaired) electrons. The van der Waals surface area contributed by atoms with Crippen LogP contribution in [-0.2, 0) is 0 Å². The van der Waals surface area contributed by atoms with Crippen LogP contribution in [0.2, 0.25) is 0 Å². The molecule has 0 aromatic rings. The van der Waals surface area contributed by atoms with Crippen molar-refractivity contribution in [2.75, 3.05) is 13.6 Å². The van der Waals surface area contributed by atoms with Gasteiger partial charge < -0.3 is 4.90 Å². The van der Waals surface area contributed by atoms with E-state index < -0.39 is 0 Å². The van der Waals surface area contributed by atoms with Crippen LogP contribution in [0.15, 0.2) is 11.8 Å². The summed E-state index contributed by atoms with van der Waals surface area (Å²) in [5, 5.41) is 0.